The summed E-state index contributed by atoms with van der Waals surface area (Å²) in [6, 6.07) is -12.2. The van der Waals surface area contributed by atoms with Gasteiger partial charge >= 0.3 is 29.9 Å². The number of likely N-dealkylation sites (tertiary alicyclic amines) is 1. The predicted molar refractivity (Wildman–Crippen MR) is 55.6 cm³/mol. The topological polar surface area (TPSA) is 3.24 Å². The quantitative estimate of drug-likeness (QED) is 0.385. The van der Waals surface area contributed by atoms with Crippen molar-refractivity contribution < 1.29 is 43.9 Å². The summed E-state index contributed by atoms with van der Waals surface area (Å²) in [5.41, 5.74) is 0. The Labute approximate surface area is 119 Å². The molecule has 1 saturated heterocycles. The summed E-state index contributed by atoms with van der Waals surface area (Å²) in [5, 5.41) is 0. The SMILES string of the molecule is CCCCCCN1C(F)(F)C(F)(F)C(F)(F)C(F)(F)C1(F)F. The van der Waals surface area contributed by atoms with Crippen LogP contribution in [-0.2, 0) is 0 Å². The number of halogens is 10. The lowest BCUT2D eigenvalue weighted by molar-refractivity contribution is -0.506. The van der Waals surface area contributed by atoms with E-state index in [9.17, 15) is 43.9 Å². The Morgan fingerprint density at radius 1 is 0.591 bits per heavy atom. The number of alkyl halides is 10. The van der Waals surface area contributed by atoms with Gasteiger partial charge in [0.15, 0.2) is 0 Å². The first-order valence-corrected chi connectivity index (χ1v) is 6.36. The summed E-state index contributed by atoms with van der Waals surface area (Å²) in [5.74, 6) is -20.2. The predicted octanol–water partition coefficient (Wildman–Crippen LogP) is 4.97. The molecule has 0 aromatic rings. The highest BCUT2D eigenvalue weighted by atomic mass is 19.4. The third kappa shape index (κ3) is 2.26. The van der Waals surface area contributed by atoms with Gasteiger partial charge in [-0.3, -0.25) is 0 Å². The van der Waals surface area contributed by atoms with Crippen LogP contribution < -0.4 is 0 Å². The van der Waals surface area contributed by atoms with Gasteiger partial charge in [-0.1, -0.05) is 26.2 Å². The highest BCUT2D eigenvalue weighted by molar-refractivity contribution is 5.14. The van der Waals surface area contributed by atoms with E-state index in [0.717, 1.165) is 0 Å². The van der Waals surface area contributed by atoms with Gasteiger partial charge in [-0.05, 0) is 6.42 Å². The summed E-state index contributed by atoms with van der Waals surface area (Å²) in [6.07, 6.45) is 0.356. The maximum Gasteiger partial charge on any atom is 0.393 e. The summed E-state index contributed by atoms with van der Waals surface area (Å²) in [6.45, 7) is 0.0915. The summed E-state index contributed by atoms with van der Waals surface area (Å²) < 4.78 is 132. The third-order valence-electron chi connectivity index (χ3n) is 3.46. The Morgan fingerprint density at radius 3 is 1.36 bits per heavy atom. The van der Waals surface area contributed by atoms with Crippen LogP contribution in [0.5, 0.6) is 0 Å². The maximum atomic E-state index is 13.4. The molecule has 132 valence electrons. The number of hydrogen-bond acceptors (Lipinski definition) is 1. The molecule has 0 spiro atoms. The standard InChI is InChI=1S/C11H13F10N/c1-2-3-4-5-6-22-10(18,19)8(14,15)7(12,13)9(16,17)11(22,20)21/h2-6H2,1H3. The van der Waals surface area contributed by atoms with E-state index >= 15 is 0 Å². The van der Waals surface area contributed by atoms with E-state index in [1.807, 2.05) is 0 Å². The Kier molecular flexibility index (Phi) is 4.75. The van der Waals surface area contributed by atoms with Gasteiger partial charge in [0.1, 0.15) is 0 Å². The minimum Gasteiger partial charge on any atom is -0.192 e. The van der Waals surface area contributed by atoms with Crippen molar-refractivity contribution in [2.75, 3.05) is 6.54 Å². The number of unbranched alkanes of at least 4 members (excludes halogenated alkanes) is 3. The molecule has 1 heterocycles. The monoisotopic (exact) mass is 349 g/mol. The molecule has 1 rings (SSSR count). The highest BCUT2D eigenvalue weighted by Crippen LogP contribution is 2.64. The first kappa shape index (κ1) is 19.3. The lowest BCUT2D eigenvalue weighted by Gasteiger charge is -2.51. The first-order chi connectivity index (χ1) is 9.69. The zero-order valence-electron chi connectivity index (χ0n) is 11.3. The van der Waals surface area contributed by atoms with Crippen molar-refractivity contribution in [2.24, 2.45) is 0 Å². The second kappa shape index (κ2) is 5.41. The van der Waals surface area contributed by atoms with Gasteiger partial charge in [-0.2, -0.15) is 48.8 Å². The fourth-order valence-corrected chi connectivity index (χ4v) is 2.07. The molecule has 0 radical (unpaired) electrons. The molecule has 0 atom stereocenters. The normalized spacial score (nSPS) is 28.5. The molecule has 0 aromatic heterocycles. The van der Waals surface area contributed by atoms with Crippen LogP contribution in [0, 0.1) is 0 Å². The Morgan fingerprint density at radius 2 is 1.00 bits per heavy atom. The Balaban J connectivity index is 3.24. The lowest BCUT2D eigenvalue weighted by Crippen LogP contribution is -2.81. The minimum absolute atomic E-state index is 0.0205. The first-order valence-electron chi connectivity index (χ1n) is 6.36. The Hall–Kier alpha value is -0.740. The molecule has 1 aliphatic heterocycles. The van der Waals surface area contributed by atoms with Crippen LogP contribution in [0.25, 0.3) is 0 Å². The van der Waals surface area contributed by atoms with E-state index in [2.05, 4.69) is 0 Å². The molecule has 0 aromatic carbocycles. The molecule has 1 aliphatic rings. The number of hydrogen-bond donors (Lipinski definition) is 0. The molecule has 0 aliphatic carbocycles. The van der Waals surface area contributed by atoms with Crippen LogP contribution in [-0.4, -0.2) is 41.3 Å². The van der Waals surface area contributed by atoms with Crippen molar-refractivity contribution in [1.29, 1.82) is 0 Å². The smallest absolute Gasteiger partial charge is 0.192 e. The molecule has 0 unspecified atom stereocenters. The van der Waals surface area contributed by atoms with Crippen molar-refractivity contribution in [2.45, 2.75) is 62.5 Å². The lowest BCUT2D eigenvalue weighted by atomic mass is 9.93. The van der Waals surface area contributed by atoms with Crippen molar-refractivity contribution >= 4 is 0 Å². The van der Waals surface area contributed by atoms with E-state index < -0.39 is 47.7 Å². The summed E-state index contributed by atoms with van der Waals surface area (Å²) in [7, 11) is 0. The fourth-order valence-electron chi connectivity index (χ4n) is 2.07. The fraction of sp³-hybridized carbons (Fsp3) is 1.00. The second-order valence-electron chi connectivity index (χ2n) is 5.02. The van der Waals surface area contributed by atoms with Crippen LogP contribution >= 0.6 is 0 Å². The molecule has 0 bridgehead atoms. The van der Waals surface area contributed by atoms with E-state index in [1.165, 1.54) is 0 Å². The number of piperidine rings is 1. The second-order valence-corrected chi connectivity index (χ2v) is 5.02. The van der Waals surface area contributed by atoms with Gasteiger partial charge in [-0.25, -0.2) is 0 Å². The van der Waals surface area contributed by atoms with Crippen molar-refractivity contribution in [3.8, 4) is 0 Å². The van der Waals surface area contributed by atoms with Crippen LogP contribution in [0.3, 0.4) is 0 Å². The number of rotatable bonds is 5. The van der Waals surface area contributed by atoms with Crippen LogP contribution in [0.15, 0.2) is 0 Å². The average molecular weight is 349 g/mol. The average Bonchev–Trinajstić information content (AvgIpc) is 2.36. The van der Waals surface area contributed by atoms with Gasteiger partial charge in [-0.15, -0.1) is 0 Å². The summed E-state index contributed by atoms with van der Waals surface area (Å²) in [4.78, 5) is -1.81. The molecule has 0 amide bonds. The minimum atomic E-state index is -6.90. The molecule has 0 saturated carbocycles. The largest absolute Gasteiger partial charge is 0.393 e. The molecular formula is C11H13F10N. The molecule has 1 nitrogen and oxygen atoms in total. The molecule has 22 heavy (non-hydrogen) atoms. The number of nitrogens with zero attached hydrogens (tertiary/aromatic N) is 1. The van der Waals surface area contributed by atoms with Gasteiger partial charge in [0.05, 0.1) is 0 Å². The van der Waals surface area contributed by atoms with Crippen LogP contribution in [0.1, 0.15) is 32.6 Å². The van der Waals surface area contributed by atoms with Crippen LogP contribution in [0.2, 0.25) is 0 Å². The van der Waals surface area contributed by atoms with E-state index in [0.29, 0.717) is 12.8 Å². The summed E-state index contributed by atoms with van der Waals surface area (Å²) >= 11 is 0. The zero-order valence-corrected chi connectivity index (χ0v) is 11.3. The van der Waals surface area contributed by atoms with Gasteiger partial charge < -0.3 is 0 Å². The van der Waals surface area contributed by atoms with Gasteiger partial charge in [0, 0.05) is 6.54 Å². The van der Waals surface area contributed by atoms with Gasteiger partial charge in [0.2, 0.25) is 0 Å². The zero-order chi connectivity index (χ0) is 17.6. The maximum absolute atomic E-state index is 13.4. The molecular weight excluding hydrogens is 336 g/mol. The molecule has 0 N–H and O–H groups in total. The third-order valence-corrected chi connectivity index (χ3v) is 3.46. The van der Waals surface area contributed by atoms with E-state index in [4.69, 9.17) is 0 Å². The van der Waals surface area contributed by atoms with Crippen LogP contribution in [0.4, 0.5) is 43.9 Å². The van der Waals surface area contributed by atoms with Crippen molar-refractivity contribution in [1.82, 2.24) is 4.90 Å². The highest BCUT2D eigenvalue weighted by Gasteiger charge is 2.94. The molecule has 1 fully saturated rings. The van der Waals surface area contributed by atoms with Crippen molar-refractivity contribution in [3.05, 3.63) is 0 Å². The van der Waals surface area contributed by atoms with Crippen molar-refractivity contribution in [3.63, 3.8) is 0 Å². The molecule has 11 heteroatoms. The Bertz CT molecular complexity index is 376. The van der Waals surface area contributed by atoms with E-state index in [1.54, 1.807) is 6.92 Å². The van der Waals surface area contributed by atoms with E-state index in [-0.39, 0.29) is 6.42 Å². The van der Waals surface area contributed by atoms with Gasteiger partial charge in [0.25, 0.3) is 0 Å².